The molecule has 0 saturated carbocycles. The van der Waals surface area contributed by atoms with Gasteiger partial charge in [0.15, 0.2) is 6.73 Å². The Hall–Kier alpha value is -4.08. The van der Waals surface area contributed by atoms with Gasteiger partial charge in [0.25, 0.3) is 0 Å². The molecule has 1 aliphatic heterocycles. The molecule has 1 aliphatic rings. The fourth-order valence-electron chi connectivity index (χ4n) is 3.69. The summed E-state index contributed by atoms with van der Waals surface area (Å²) in [6, 6.07) is 14.9. The number of ether oxygens (including phenoxy) is 2. The minimum absolute atomic E-state index is 0.00562. The average molecular weight is 489 g/mol. The number of hydrogen-bond donors (Lipinski definition) is 1. The number of benzene rings is 3. The molecular weight excluding hydrogens is 470 g/mol. The highest BCUT2D eigenvalue weighted by atomic mass is 19.4. The van der Waals surface area contributed by atoms with Gasteiger partial charge in [0.2, 0.25) is 0 Å². The summed E-state index contributed by atoms with van der Waals surface area (Å²) in [5.41, 5.74) is 1.47. The highest BCUT2D eigenvalue weighted by molar-refractivity contribution is 5.73. The molecule has 1 N–H and O–H groups in total. The minimum atomic E-state index is -4.86. The first-order chi connectivity index (χ1) is 16.6. The van der Waals surface area contributed by atoms with Crippen LogP contribution in [0.15, 0.2) is 60.7 Å². The molecule has 1 heterocycles. The highest BCUT2D eigenvalue weighted by Crippen LogP contribution is 2.33. The van der Waals surface area contributed by atoms with E-state index in [4.69, 9.17) is 14.6 Å². The van der Waals surface area contributed by atoms with Crippen LogP contribution in [0.25, 0.3) is 11.1 Å². The quantitative estimate of drug-likeness (QED) is 0.471. The van der Waals surface area contributed by atoms with Crippen LogP contribution in [-0.4, -0.2) is 28.8 Å². The van der Waals surface area contributed by atoms with Gasteiger partial charge in [-0.2, -0.15) is 13.2 Å². The normalized spacial score (nSPS) is 13.1. The number of carbonyl (C=O) groups excluding carboxylic acids is 1. The number of halogens is 4. The maximum absolute atomic E-state index is 13.5. The van der Waals surface area contributed by atoms with Crippen molar-refractivity contribution < 1.29 is 41.7 Å². The van der Waals surface area contributed by atoms with Crippen molar-refractivity contribution >= 4 is 12.1 Å². The van der Waals surface area contributed by atoms with Gasteiger partial charge in [-0.1, -0.05) is 36.4 Å². The zero-order valence-electron chi connectivity index (χ0n) is 18.1. The zero-order valence-corrected chi connectivity index (χ0v) is 18.1. The Bertz CT molecular complexity index is 1270. The second kappa shape index (κ2) is 9.65. The van der Waals surface area contributed by atoms with Crippen molar-refractivity contribution in [3.63, 3.8) is 0 Å². The summed E-state index contributed by atoms with van der Waals surface area (Å²) in [5.74, 6) is -1.78. The van der Waals surface area contributed by atoms with E-state index >= 15 is 0 Å². The van der Waals surface area contributed by atoms with E-state index in [2.05, 4.69) is 0 Å². The summed E-state index contributed by atoms with van der Waals surface area (Å²) in [5, 5.41) is 9.01. The lowest BCUT2D eigenvalue weighted by Gasteiger charge is -2.28. The number of hydrogen-bond acceptors (Lipinski definition) is 4. The summed E-state index contributed by atoms with van der Waals surface area (Å²) < 4.78 is 62.9. The molecule has 0 spiro atoms. The van der Waals surface area contributed by atoms with Crippen molar-refractivity contribution in [2.24, 2.45) is 0 Å². The molecule has 0 fully saturated rings. The van der Waals surface area contributed by atoms with Crippen molar-refractivity contribution in [2.45, 2.75) is 25.7 Å². The van der Waals surface area contributed by atoms with Crippen LogP contribution in [0.1, 0.15) is 22.3 Å². The van der Waals surface area contributed by atoms with Gasteiger partial charge >= 0.3 is 18.2 Å². The van der Waals surface area contributed by atoms with Crippen LogP contribution in [0, 0.1) is 5.82 Å². The van der Waals surface area contributed by atoms with Gasteiger partial charge in [-0.3, -0.25) is 9.69 Å². The predicted octanol–water partition coefficient (Wildman–Crippen LogP) is 5.63. The van der Waals surface area contributed by atoms with Crippen LogP contribution in [0.3, 0.4) is 0 Å². The lowest BCUT2D eigenvalue weighted by atomic mass is 9.99. The van der Waals surface area contributed by atoms with E-state index in [-0.39, 0.29) is 25.3 Å². The first-order valence-electron chi connectivity index (χ1n) is 10.4. The van der Waals surface area contributed by atoms with Gasteiger partial charge in [0, 0.05) is 5.56 Å². The molecular formula is C25H19F4NO5. The SMILES string of the molecule is O=C(O)Cc1cccc(-c2ccc3c(c2)CN(C(=O)OCc2ccc(F)c(C(F)(F)F)c2)CO3)c1. The molecule has 3 aromatic rings. The summed E-state index contributed by atoms with van der Waals surface area (Å²) in [6.45, 7) is -0.452. The average Bonchev–Trinajstić information content (AvgIpc) is 2.81. The van der Waals surface area contributed by atoms with Crippen molar-refractivity contribution in [1.82, 2.24) is 4.90 Å². The Balaban J connectivity index is 1.45. The molecule has 4 rings (SSSR count). The van der Waals surface area contributed by atoms with Gasteiger partial charge < -0.3 is 14.6 Å². The van der Waals surface area contributed by atoms with Crippen molar-refractivity contribution in [2.75, 3.05) is 6.73 Å². The van der Waals surface area contributed by atoms with E-state index in [1.807, 2.05) is 18.2 Å². The molecule has 0 aromatic heterocycles. The lowest BCUT2D eigenvalue weighted by molar-refractivity contribution is -0.140. The number of nitrogens with zero attached hydrogens (tertiary/aromatic N) is 1. The largest absolute Gasteiger partial charge is 0.481 e. The molecule has 6 nitrogen and oxygen atoms in total. The Morgan fingerprint density at radius 3 is 2.51 bits per heavy atom. The van der Waals surface area contributed by atoms with E-state index in [9.17, 15) is 27.2 Å². The van der Waals surface area contributed by atoms with E-state index < -0.39 is 36.2 Å². The van der Waals surface area contributed by atoms with Crippen molar-refractivity contribution in [3.8, 4) is 16.9 Å². The first kappa shape index (κ1) is 24.1. The Morgan fingerprint density at radius 1 is 1.00 bits per heavy atom. The molecule has 10 heteroatoms. The number of fused-ring (bicyclic) bond motifs is 1. The van der Waals surface area contributed by atoms with E-state index in [0.717, 1.165) is 17.2 Å². The third kappa shape index (κ3) is 5.71. The van der Waals surface area contributed by atoms with Gasteiger partial charge in [0.05, 0.1) is 18.5 Å². The van der Waals surface area contributed by atoms with E-state index in [0.29, 0.717) is 29.0 Å². The fourth-order valence-corrected chi connectivity index (χ4v) is 3.69. The summed E-state index contributed by atoms with van der Waals surface area (Å²) in [6.07, 6.45) is -5.78. The number of carbonyl (C=O) groups is 2. The Morgan fingerprint density at radius 2 is 1.77 bits per heavy atom. The molecule has 0 saturated heterocycles. The predicted molar refractivity (Wildman–Crippen MR) is 116 cm³/mol. The Kier molecular flexibility index (Phi) is 6.63. The molecule has 0 radical (unpaired) electrons. The molecule has 0 aliphatic carbocycles. The molecule has 182 valence electrons. The van der Waals surface area contributed by atoms with Crippen LogP contribution in [0.4, 0.5) is 22.4 Å². The number of rotatable bonds is 5. The second-order valence-electron chi connectivity index (χ2n) is 7.93. The van der Waals surface area contributed by atoms with Crippen molar-refractivity contribution in [1.29, 1.82) is 0 Å². The fraction of sp³-hybridized carbons (Fsp3) is 0.200. The second-order valence-corrected chi connectivity index (χ2v) is 7.93. The third-order valence-electron chi connectivity index (χ3n) is 5.37. The molecule has 1 amide bonds. The summed E-state index contributed by atoms with van der Waals surface area (Å²) in [7, 11) is 0. The van der Waals surface area contributed by atoms with Crippen LogP contribution in [0.5, 0.6) is 5.75 Å². The molecule has 35 heavy (non-hydrogen) atoms. The first-order valence-corrected chi connectivity index (χ1v) is 10.4. The summed E-state index contributed by atoms with van der Waals surface area (Å²) in [4.78, 5) is 24.7. The molecule has 0 unspecified atom stereocenters. The maximum Gasteiger partial charge on any atom is 0.419 e. The van der Waals surface area contributed by atoms with Crippen molar-refractivity contribution in [3.05, 3.63) is 88.7 Å². The van der Waals surface area contributed by atoms with Crippen LogP contribution < -0.4 is 4.74 Å². The lowest BCUT2D eigenvalue weighted by Crippen LogP contribution is -2.37. The maximum atomic E-state index is 13.5. The highest BCUT2D eigenvalue weighted by Gasteiger charge is 2.34. The van der Waals surface area contributed by atoms with Crippen LogP contribution >= 0.6 is 0 Å². The summed E-state index contributed by atoms with van der Waals surface area (Å²) >= 11 is 0. The minimum Gasteiger partial charge on any atom is -0.481 e. The molecule has 3 aromatic carbocycles. The smallest absolute Gasteiger partial charge is 0.419 e. The molecule has 0 bridgehead atoms. The Labute approximate surface area is 197 Å². The number of amides is 1. The number of aliphatic carboxylic acids is 1. The van der Waals surface area contributed by atoms with Gasteiger partial charge in [-0.15, -0.1) is 0 Å². The molecule has 0 atom stereocenters. The van der Waals surface area contributed by atoms with Gasteiger partial charge in [-0.25, -0.2) is 9.18 Å². The number of alkyl halides is 3. The standard InChI is InChI=1S/C25H19F4NO5/c26-21-6-4-16(9-20(21)25(27,28)29)13-34-24(33)30-12-19-11-18(5-7-22(19)35-14-30)17-3-1-2-15(8-17)10-23(31)32/h1-9,11H,10,12-14H2,(H,31,32). The van der Waals surface area contributed by atoms with Crippen LogP contribution in [0.2, 0.25) is 0 Å². The number of carboxylic acids is 1. The number of carboxylic acid groups (broad SMARTS) is 1. The monoisotopic (exact) mass is 489 g/mol. The van der Waals surface area contributed by atoms with Gasteiger partial charge in [0.1, 0.15) is 18.2 Å². The van der Waals surface area contributed by atoms with Crippen LogP contribution in [-0.2, 0) is 35.3 Å². The zero-order chi connectivity index (χ0) is 25.2. The third-order valence-corrected chi connectivity index (χ3v) is 5.37. The van der Waals surface area contributed by atoms with E-state index in [1.165, 1.54) is 4.90 Å². The van der Waals surface area contributed by atoms with Gasteiger partial charge in [-0.05, 0) is 46.5 Å². The van der Waals surface area contributed by atoms with E-state index in [1.54, 1.807) is 24.3 Å². The topological polar surface area (TPSA) is 76.1 Å².